The Morgan fingerprint density at radius 1 is 0.857 bits per heavy atom. The summed E-state index contributed by atoms with van der Waals surface area (Å²) in [5, 5.41) is 3.06. The summed E-state index contributed by atoms with van der Waals surface area (Å²) in [6, 6.07) is 24.7. The Balaban J connectivity index is 1.61. The molecule has 0 spiro atoms. The van der Waals surface area contributed by atoms with Gasteiger partial charge in [-0.25, -0.2) is 4.79 Å². The Labute approximate surface area is 204 Å². The zero-order valence-electron chi connectivity index (χ0n) is 19.9. The molecule has 2 heterocycles. The number of anilines is 1. The fourth-order valence-corrected chi connectivity index (χ4v) is 4.58. The van der Waals surface area contributed by atoms with Gasteiger partial charge in [-0.05, 0) is 65.7 Å². The lowest BCUT2D eigenvalue weighted by Gasteiger charge is -2.31. The molecule has 3 aromatic carbocycles. The van der Waals surface area contributed by atoms with E-state index >= 15 is 0 Å². The molecule has 5 rings (SSSR count). The van der Waals surface area contributed by atoms with Gasteiger partial charge in [0, 0.05) is 17.6 Å². The number of aromatic nitrogens is 1. The van der Waals surface area contributed by atoms with Gasteiger partial charge in [0.15, 0.2) is 11.5 Å². The number of methoxy groups -OCH3 is 3. The minimum atomic E-state index is -0.365. The molecule has 178 valence electrons. The van der Waals surface area contributed by atoms with Crippen molar-refractivity contribution in [3.63, 3.8) is 0 Å². The number of urea groups is 1. The smallest absolute Gasteiger partial charge is 0.322 e. The van der Waals surface area contributed by atoms with Crippen LogP contribution in [0.3, 0.4) is 0 Å². The van der Waals surface area contributed by atoms with Crippen LogP contribution in [0.4, 0.5) is 10.5 Å². The molecule has 0 radical (unpaired) electrons. The molecule has 1 aliphatic rings. The lowest BCUT2D eigenvalue weighted by atomic mass is 10.0. The molecule has 1 atom stereocenters. The molecule has 1 aromatic heterocycles. The third kappa shape index (κ3) is 4.17. The van der Waals surface area contributed by atoms with E-state index in [0.29, 0.717) is 23.7 Å². The third-order valence-corrected chi connectivity index (χ3v) is 6.29. The first-order valence-electron chi connectivity index (χ1n) is 11.3. The highest BCUT2D eigenvalue weighted by Crippen LogP contribution is 2.39. The average molecular weight is 470 g/mol. The number of nitrogens with zero attached hydrogens (tertiary/aromatic N) is 2. The van der Waals surface area contributed by atoms with Crippen LogP contribution in [0.1, 0.15) is 22.9 Å². The highest BCUT2D eigenvalue weighted by atomic mass is 16.5. The van der Waals surface area contributed by atoms with E-state index < -0.39 is 0 Å². The lowest BCUT2D eigenvalue weighted by molar-refractivity contribution is 0.194. The van der Waals surface area contributed by atoms with E-state index in [1.807, 2.05) is 71.8 Å². The fourth-order valence-electron chi connectivity index (χ4n) is 4.58. The zero-order chi connectivity index (χ0) is 24.4. The van der Waals surface area contributed by atoms with Crippen molar-refractivity contribution in [3.05, 3.63) is 102 Å². The van der Waals surface area contributed by atoms with E-state index in [1.54, 1.807) is 21.3 Å². The average Bonchev–Trinajstić information content (AvgIpc) is 3.33. The molecule has 0 bridgehead atoms. The van der Waals surface area contributed by atoms with Gasteiger partial charge in [-0.1, -0.05) is 24.3 Å². The number of amides is 2. The Kier molecular flexibility index (Phi) is 6.06. The lowest BCUT2D eigenvalue weighted by Crippen LogP contribution is -2.37. The topological polar surface area (TPSA) is 65.0 Å². The second-order valence-electron chi connectivity index (χ2n) is 8.24. The number of hydrogen-bond acceptors (Lipinski definition) is 4. The first-order valence-corrected chi connectivity index (χ1v) is 11.3. The van der Waals surface area contributed by atoms with Crippen molar-refractivity contribution in [3.8, 4) is 22.9 Å². The maximum atomic E-state index is 13.8. The van der Waals surface area contributed by atoms with Crippen molar-refractivity contribution in [2.24, 2.45) is 0 Å². The summed E-state index contributed by atoms with van der Waals surface area (Å²) in [7, 11) is 4.84. The number of carbonyl (C=O) groups is 1. The van der Waals surface area contributed by atoms with Crippen LogP contribution in [0.5, 0.6) is 17.2 Å². The second kappa shape index (κ2) is 9.46. The van der Waals surface area contributed by atoms with Gasteiger partial charge in [0.2, 0.25) is 0 Å². The Bertz CT molecular complexity index is 1350. The second-order valence-corrected chi connectivity index (χ2v) is 8.24. The van der Waals surface area contributed by atoms with E-state index in [-0.39, 0.29) is 12.1 Å². The summed E-state index contributed by atoms with van der Waals surface area (Å²) in [5.41, 5.74) is 4.69. The van der Waals surface area contributed by atoms with E-state index in [9.17, 15) is 4.79 Å². The Morgan fingerprint density at radius 2 is 1.63 bits per heavy atom. The summed E-state index contributed by atoms with van der Waals surface area (Å²) in [6.45, 7) is 0.429. The molecule has 0 fully saturated rings. The van der Waals surface area contributed by atoms with E-state index in [4.69, 9.17) is 14.2 Å². The quantitative estimate of drug-likeness (QED) is 0.411. The van der Waals surface area contributed by atoms with Crippen LogP contribution in [-0.4, -0.2) is 36.8 Å². The summed E-state index contributed by atoms with van der Waals surface area (Å²) in [5.74, 6) is 1.98. The van der Waals surface area contributed by atoms with Gasteiger partial charge in [-0.3, -0.25) is 0 Å². The van der Waals surface area contributed by atoms with Gasteiger partial charge >= 0.3 is 6.03 Å². The van der Waals surface area contributed by atoms with Crippen LogP contribution in [0.15, 0.2) is 85.1 Å². The van der Waals surface area contributed by atoms with Crippen LogP contribution in [0.25, 0.3) is 5.69 Å². The Hall–Kier alpha value is -4.39. The first kappa shape index (κ1) is 22.4. The van der Waals surface area contributed by atoms with Crippen LogP contribution >= 0.6 is 0 Å². The minimum absolute atomic E-state index is 0.209. The summed E-state index contributed by atoms with van der Waals surface area (Å²) in [6.07, 6.45) is 2.03. The van der Waals surface area contributed by atoms with Crippen LogP contribution in [0.2, 0.25) is 0 Å². The maximum Gasteiger partial charge on any atom is 0.322 e. The molecule has 4 aromatic rings. The van der Waals surface area contributed by atoms with Crippen LogP contribution in [-0.2, 0) is 6.54 Å². The molecular formula is C28H27N3O4. The fraction of sp³-hybridized carbons (Fsp3) is 0.179. The van der Waals surface area contributed by atoms with Crippen LogP contribution in [0, 0.1) is 0 Å². The predicted molar refractivity (Wildman–Crippen MR) is 135 cm³/mol. The third-order valence-electron chi connectivity index (χ3n) is 6.29. The standard InChI is InChI=1S/C28H27N3O4/c1-33-22-13-11-21(12-14-22)29-28(32)31-18-20-7-4-5-8-23(20)30-16-6-9-24(30)27(31)19-10-15-25(34-2)26(17-19)35-3/h4-17,27H,18H2,1-3H3,(H,29,32)/t27-/m0/s1. The predicted octanol–water partition coefficient (Wildman–Crippen LogP) is 5.64. The molecule has 7 heteroatoms. The molecular weight excluding hydrogens is 442 g/mol. The number of rotatable bonds is 5. The van der Waals surface area contributed by atoms with Gasteiger partial charge in [-0.15, -0.1) is 0 Å². The number of para-hydroxylation sites is 1. The molecule has 0 saturated heterocycles. The van der Waals surface area contributed by atoms with Crippen molar-refractivity contribution >= 4 is 11.7 Å². The van der Waals surface area contributed by atoms with E-state index in [0.717, 1.165) is 28.3 Å². The summed E-state index contributed by atoms with van der Waals surface area (Å²) in [4.78, 5) is 15.6. The number of hydrogen-bond donors (Lipinski definition) is 1. The highest BCUT2D eigenvalue weighted by Gasteiger charge is 2.33. The van der Waals surface area contributed by atoms with Gasteiger partial charge in [0.25, 0.3) is 0 Å². The minimum Gasteiger partial charge on any atom is -0.497 e. The first-order chi connectivity index (χ1) is 17.1. The SMILES string of the molecule is COc1ccc(NC(=O)N2Cc3ccccc3-n3cccc3[C@@H]2c2ccc(OC)c(OC)c2)cc1. The van der Waals surface area contributed by atoms with Gasteiger partial charge < -0.3 is 29.0 Å². The van der Waals surface area contributed by atoms with E-state index in [2.05, 4.69) is 28.1 Å². The molecule has 1 aliphatic heterocycles. The van der Waals surface area contributed by atoms with Gasteiger partial charge in [-0.2, -0.15) is 0 Å². The summed E-state index contributed by atoms with van der Waals surface area (Å²) >= 11 is 0. The number of fused-ring (bicyclic) bond motifs is 3. The molecule has 0 unspecified atom stereocenters. The monoisotopic (exact) mass is 469 g/mol. The van der Waals surface area contributed by atoms with Crippen molar-refractivity contribution in [2.45, 2.75) is 12.6 Å². The van der Waals surface area contributed by atoms with Crippen molar-refractivity contribution < 1.29 is 19.0 Å². The van der Waals surface area contributed by atoms with Crippen molar-refractivity contribution in [2.75, 3.05) is 26.6 Å². The number of carbonyl (C=O) groups excluding carboxylic acids is 1. The normalized spacial score (nSPS) is 14.4. The zero-order valence-corrected chi connectivity index (χ0v) is 19.9. The van der Waals surface area contributed by atoms with Gasteiger partial charge in [0.05, 0.1) is 39.6 Å². The van der Waals surface area contributed by atoms with Crippen LogP contribution < -0.4 is 19.5 Å². The molecule has 1 N–H and O–H groups in total. The molecule has 7 nitrogen and oxygen atoms in total. The largest absolute Gasteiger partial charge is 0.497 e. The molecule has 0 aliphatic carbocycles. The summed E-state index contributed by atoms with van der Waals surface area (Å²) < 4.78 is 18.4. The molecule has 2 amide bonds. The number of nitrogens with one attached hydrogen (secondary N) is 1. The van der Waals surface area contributed by atoms with E-state index in [1.165, 1.54) is 0 Å². The number of benzene rings is 3. The Morgan fingerprint density at radius 3 is 2.37 bits per heavy atom. The highest BCUT2D eigenvalue weighted by molar-refractivity contribution is 5.90. The van der Waals surface area contributed by atoms with Gasteiger partial charge in [0.1, 0.15) is 5.75 Å². The number of ether oxygens (including phenoxy) is 3. The maximum absolute atomic E-state index is 13.8. The molecule has 0 saturated carbocycles. The van der Waals surface area contributed by atoms with Crippen molar-refractivity contribution in [1.82, 2.24) is 9.47 Å². The van der Waals surface area contributed by atoms with Crippen molar-refractivity contribution in [1.29, 1.82) is 0 Å². The molecule has 35 heavy (non-hydrogen) atoms.